The van der Waals surface area contributed by atoms with Crippen LogP contribution in [0.5, 0.6) is 0 Å². The first kappa shape index (κ1) is 16.9. The van der Waals surface area contributed by atoms with Gasteiger partial charge in [0.2, 0.25) is 5.72 Å². The molecule has 0 aliphatic carbocycles. The van der Waals surface area contributed by atoms with Gasteiger partial charge in [0.05, 0.1) is 16.9 Å². The van der Waals surface area contributed by atoms with E-state index in [9.17, 15) is 28.8 Å². The van der Waals surface area contributed by atoms with Crippen LogP contribution in [0.1, 0.15) is 32.0 Å². The lowest BCUT2D eigenvalue weighted by Gasteiger charge is -2.31. The molecule has 0 radical (unpaired) electrons. The van der Waals surface area contributed by atoms with Crippen molar-refractivity contribution in [3.8, 4) is 0 Å². The molecule has 11 heteroatoms. The van der Waals surface area contributed by atoms with Crippen molar-refractivity contribution in [3.63, 3.8) is 0 Å². The van der Waals surface area contributed by atoms with E-state index in [-0.39, 0.29) is 5.71 Å². The fourth-order valence-electron chi connectivity index (χ4n) is 2.39. The number of aryl methyl sites for hydroxylation is 1. The summed E-state index contributed by atoms with van der Waals surface area (Å²) in [5.41, 5.74) is -2.24. The highest BCUT2D eigenvalue weighted by Crippen LogP contribution is 2.33. The van der Waals surface area contributed by atoms with Gasteiger partial charge >= 0.3 is 5.82 Å². The van der Waals surface area contributed by atoms with Crippen LogP contribution in [-0.2, 0) is 4.79 Å². The van der Waals surface area contributed by atoms with Gasteiger partial charge in [-0.3, -0.25) is 4.79 Å². The van der Waals surface area contributed by atoms with E-state index in [1.54, 1.807) is 0 Å². The monoisotopic (exact) mass is 331 g/mol. The summed E-state index contributed by atoms with van der Waals surface area (Å²) >= 11 is 0. The SMILES string of the molecule is CC1=NN(C(=O)[C@H](C)n2nc([N+](=O)[O-])cc2C)[C@](O)(C(F)F)C1. The maximum atomic E-state index is 13.1. The van der Waals surface area contributed by atoms with E-state index in [1.807, 2.05) is 0 Å². The average Bonchev–Trinajstić information content (AvgIpc) is 2.98. The molecule has 0 aromatic carbocycles. The first-order valence-corrected chi connectivity index (χ1v) is 6.67. The quantitative estimate of drug-likeness (QED) is 0.658. The molecule has 2 atom stereocenters. The molecule has 1 aromatic rings. The lowest BCUT2D eigenvalue weighted by Crippen LogP contribution is -2.53. The number of hydrogen-bond acceptors (Lipinski definition) is 6. The number of carbonyl (C=O) groups is 1. The highest BCUT2D eigenvalue weighted by atomic mass is 19.3. The maximum Gasteiger partial charge on any atom is 0.390 e. The number of hydrazone groups is 1. The Hall–Kier alpha value is -2.43. The number of halogens is 2. The first-order chi connectivity index (χ1) is 10.6. The number of carbonyl (C=O) groups excluding carboxylic acids is 1. The van der Waals surface area contributed by atoms with E-state index in [2.05, 4.69) is 10.2 Å². The largest absolute Gasteiger partial charge is 0.390 e. The van der Waals surface area contributed by atoms with Crippen molar-refractivity contribution in [1.82, 2.24) is 14.8 Å². The molecule has 0 saturated heterocycles. The summed E-state index contributed by atoms with van der Waals surface area (Å²) in [5.74, 6) is -1.40. The van der Waals surface area contributed by atoms with Crippen LogP contribution in [0.4, 0.5) is 14.6 Å². The number of amides is 1. The summed E-state index contributed by atoms with van der Waals surface area (Å²) in [7, 11) is 0. The predicted molar refractivity (Wildman–Crippen MR) is 73.9 cm³/mol. The van der Waals surface area contributed by atoms with Crippen LogP contribution in [0.3, 0.4) is 0 Å². The Kier molecular flexibility index (Phi) is 4.16. The Morgan fingerprint density at radius 2 is 2.13 bits per heavy atom. The normalized spacial score (nSPS) is 22.4. The van der Waals surface area contributed by atoms with Crippen LogP contribution in [0.2, 0.25) is 0 Å². The van der Waals surface area contributed by atoms with Gasteiger partial charge in [0, 0.05) is 12.1 Å². The van der Waals surface area contributed by atoms with Crippen molar-refractivity contribution in [1.29, 1.82) is 0 Å². The van der Waals surface area contributed by atoms with E-state index < -0.39 is 41.3 Å². The zero-order valence-corrected chi connectivity index (χ0v) is 12.6. The van der Waals surface area contributed by atoms with Gasteiger partial charge < -0.3 is 15.2 Å². The summed E-state index contributed by atoms with van der Waals surface area (Å²) in [5, 5.41) is 28.4. The summed E-state index contributed by atoms with van der Waals surface area (Å²) in [6, 6.07) is 0.00493. The van der Waals surface area contributed by atoms with Crippen molar-refractivity contribution in [2.45, 2.75) is 45.4 Å². The van der Waals surface area contributed by atoms with Crippen LogP contribution in [0, 0.1) is 17.0 Å². The third-order valence-electron chi connectivity index (χ3n) is 3.53. The molecule has 2 heterocycles. The molecule has 9 nitrogen and oxygen atoms in total. The molecule has 0 unspecified atom stereocenters. The molecule has 0 fully saturated rings. The number of nitro groups is 1. The van der Waals surface area contributed by atoms with E-state index in [1.165, 1.54) is 20.8 Å². The number of rotatable bonds is 4. The summed E-state index contributed by atoms with van der Waals surface area (Å²) < 4.78 is 27.3. The lowest BCUT2D eigenvalue weighted by molar-refractivity contribution is -0.389. The average molecular weight is 331 g/mol. The van der Waals surface area contributed by atoms with Crippen LogP contribution < -0.4 is 0 Å². The third kappa shape index (κ3) is 2.79. The molecule has 0 saturated carbocycles. The summed E-state index contributed by atoms with van der Waals surface area (Å²) in [4.78, 5) is 22.4. The van der Waals surface area contributed by atoms with E-state index in [0.717, 1.165) is 10.7 Å². The van der Waals surface area contributed by atoms with Gasteiger partial charge in [-0.05, 0) is 25.7 Å². The Morgan fingerprint density at radius 1 is 1.52 bits per heavy atom. The molecule has 0 bridgehead atoms. The van der Waals surface area contributed by atoms with Gasteiger partial charge in [0.25, 0.3) is 12.3 Å². The number of aromatic nitrogens is 2. The van der Waals surface area contributed by atoms with Gasteiger partial charge in [-0.15, -0.1) is 0 Å². The summed E-state index contributed by atoms with van der Waals surface area (Å²) in [6.07, 6.45) is -3.69. The molecular formula is C12H15F2N5O4. The lowest BCUT2D eigenvalue weighted by atomic mass is 10.1. The molecule has 1 amide bonds. The highest BCUT2D eigenvalue weighted by Gasteiger charge is 2.52. The first-order valence-electron chi connectivity index (χ1n) is 6.67. The van der Waals surface area contributed by atoms with E-state index in [0.29, 0.717) is 10.7 Å². The Bertz CT molecular complexity index is 689. The maximum absolute atomic E-state index is 13.1. The van der Waals surface area contributed by atoms with E-state index >= 15 is 0 Å². The van der Waals surface area contributed by atoms with Crippen molar-refractivity contribution in [2.75, 3.05) is 0 Å². The molecule has 1 aliphatic heterocycles. The topological polar surface area (TPSA) is 114 Å². The molecule has 1 aromatic heterocycles. The number of alkyl halides is 2. The minimum Gasteiger partial charge on any atom is -0.364 e. The van der Waals surface area contributed by atoms with Crippen LogP contribution >= 0.6 is 0 Å². The van der Waals surface area contributed by atoms with Crippen molar-refractivity contribution < 1.29 is 23.6 Å². The van der Waals surface area contributed by atoms with Crippen LogP contribution in [-0.4, -0.2) is 48.6 Å². The molecule has 1 aliphatic rings. The van der Waals surface area contributed by atoms with E-state index in [4.69, 9.17) is 0 Å². The van der Waals surface area contributed by atoms with Gasteiger partial charge in [-0.1, -0.05) is 0 Å². The van der Waals surface area contributed by atoms with Crippen molar-refractivity contribution in [3.05, 3.63) is 21.9 Å². The zero-order valence-electron chi connectivity index (χ0n) is 12.6. The van der Waals surface area contributed by atoms with Crippen LogP contribution in [0.15, 0.2) is 11.2 Å². The Morgan fingerprint density at radius 3 is 2.61 bits per heavy atom. The van der Waals surface area contributed by atoms with Crippen LogP contribution in [0.25, 0.3) is 0 Å². The standard InChI is InChI=1S/C12H15F2N5O4/c1-6-5-12(21,11(13)14)18(15-6)10(20)8(3)17-7(2)4-9(16-17)19(22)23/h4,8,11,21H,5H2,1-3H3/t8-,12+/m0/s1. The minimum absolute atomic E-state index is 0.177. The molecule has 23 heavy (non-hydrogen) atoms. The number of aliphatic hydroxyl groups is 1. The number of hydrogen-bond donors (Lipinski definition) is 1. The fourth-order valence-corrected chi connectivity index (χ4v) is 2.39. The molecule has 1 N–H and O–H groups in total. The predicted octanol–water partition coefficient (Wildman–Crippen LogP) is 1.22. The van der Waals surface area contributed by atoms with Gasteiger partial charge in [0.1, 0.15) is 0 Å². The molecule has 126 valence electrons. The zero-order chi connectivity index (χ0) is 17.5. The van der Waals surface area contributed by atoms with Gasteiger partial charge in [-0.25, -0.2) is 8.78 Å². The fraction of sp³-hybridized carbons (Fsp3) is 0.583. The molecule has 0 spiro atoms. The van der Waals surface area contributed by atoms with Gasteiger partial charge in [0.15, 0.2) is 6.04 Å². The number of nitrogens with zero attached hydrogens (tertiary/aromatic N) is 5. The second kappa shape index (κ2) is 5.65. The molecule has 2 rings (SSSR count). The minimum atomic E-state index is -3.21. The third-order valence-corrected chi connectivity index (χ3v) is 3.53. The Balaban J connectivity index is 2.34. The smallest absolute Gasteiger partial charge is 0.364 e. The molecular weight excluding hydrogens is 316 g/mol. The summed E-state index contributed by atoms with van der Waals surface area (Å²) in [6.45, 7) is 4.23. The second-order valence-electron chi connectivity index (χ2n) is 5.36. The van der Waals surface area contributed by atoms with Crippen molar-refractivity contribution in [2.24, 2.45) is 5.10 Å². The highest BCUT2D eigenvalue weighted by molar-refractivity contribution is 5.90. The Labute approximate surface area is 129 Å². The van der Waals surface area contributed by atoms with Gasteiger partial charge in [-0.2, -0.15) is 14.8 Å². The second-order valence-corrected chi connectivity index (χ2v) is 5.36. The van der Waals surface area contributed by atoms with Crippen molar-refractivity contribution >= 4 is 17.4 Å².